The molecule has 0 aromatic heterocycles. The monoisotopic (exact) mass is 283 g/mol. The van der Waals surface area contributed by atoms with Crippen molar-refractivity contribution in [1.29, 1.82) is 0 Å². The largest absolute Gasteiger partial charge is 0.384 e. The molecule has 0 radical (unpaired) electrons. The lowest BCUT2D eigenvalue weighted by Gasteiger charge is -2.15. The summed E-state index contributed by atoms with van der Waals surface area (Å²) in [5, 5.41) is 10.9. The topological polar surface area (TPSA) is 46.2 Å². The third kappa shape index (κ3) is 3.24. The van der Waals surface area contributed by atoms with Crippen LogP contribution in [-0.2, 0) is 6.54 Å². The van der Waals surface area contributed by atoms with Gasteiger partial charge in [0.05, 0.1) is 0 Å². The van der Waals surface area contributed by atoms with Crippen LogP contribution in [0.2, 0.25) is 5.02 Å². The van der Waals surface area contributed by atoms with E-state index in [1.165, 1.54) is 0 Å². The first kappa shape index (κ1) is 15.0. The molecule has 3 N–H and O–H groups in total. The van der Waals surface area contributed by atoms with Gasteiger partial charge in [0.15, 0.2) is 0 Å². The minimum atomic E-state index is -0.687. The first-order valence-corrected chi connectivity index (χ1v) is 5.81. The number of hydrogen-bond donors (Lipinski definition) is 2. The van der Waals surface area contributed by atoms with Gasteiger partial charge in [0.2, 0.25) is 0 Å². The molecule has 4 heteroatoms. The van der Waals surface area contributed by atoms with E-state index in [0.717, 1.165) is 16.7 Å². The van der Waals surface area contributed by atoms with Crippen LogP contribution in [0, 0.1) is 0 Å². The zero-order chi connectivity index (χ0) is 12.3. The highest BCUT2D eigenvalue weighted by atomic mass is 35.5. The van der Waals surface area contributed by atoms with E-state index in [0.29, 0.717) is 11.6 Å². The standard InChI is InChI=1S/C14H14ClNO.ClH/c15-12-7-6-11(9-16)13(8-12)14(17)10-4-2-1-3-5-10;/h1-8,14,17H,9,16H2;1H. The average Bonchev–Trinajstić information content (AvgIpc) is 2.39. The number of aliphatic hydroxyl groups is 1. The Kier molecular flexibility index (Phi) is 5.63. The Hall–Kier alpha value is -1.06. The van der Waals surface area contributed by atoms with Gasteiger partial charge in [-0.3, -0.25) is 0 Å². The van der Waals surface area contributed by atoms with Crippen molar-refractivity contribution in [3.63, 3.8) is 0 Å². The predicted molar refractivity (Wildman–Crippen MR) is 77.1 cm³/mol. The minimum absolute atomic E-state index is 0. The number of rotatable bonds is 3. The number of benzene rings is 2. The van der Waals surface area contributed by atoms with Gasteiger partial charge in [0.25, 0.3) is 0 Å². The third-order valence-corrected chi connectivity index (χ3v) is 2.97. The lowest BCUT2D eigenvalue weighted by molar-refractivity contribution is 0.219. The van der Waals surface area contributed by atoms with E-state index < -0.39 is 6.10 Å². The molecule has 0 saturated heterocycles. The molecule has 0 aliphatic carbocycles. The van der Waals surface area contributed by atoms with Crippen molar-refractivity contribution in [3.05, 3.63) is 70.2 Å². The molecule has 2 aromatic rings. The van der Waals surface area contributed by atoms with Crippen LogP contribution >= 0.6 is 24.0 Å². The van der Waals surface area contributed by atoms with Crippen molar-refractivity contribution >= 4 is 24.0 Å². The van der Waals surface area contributed by atoms with Crippen LogP contribution in [0.25, 0.3) is 0 Å². The second-order valence-corrected chi connectivity index (χ2v) is 4.30. The summed E-state index contributed by atoms with van der Waals surface area (Å²) >= 11 is 5.95. The molecule has 0 heterocycles. The fraction of sp³-hybridized carbons (Fsp3) is 0.143. The summed E-state index contributed by atoms with van der Waals surface area (Å²) in [6.45, 7) is 0.385. The second-order valence-electron chi connectivity index (χ2n) is 3.86. The van der Waals surface area contributed by atoms with Crippen LogP contribution in [0.4, 0.5) is 0 Å². The Labute approximate surface area is 118 Å². The lowest BCUT2D eigenvalue weighted by Crippen LogP contribution is -2.07. The number of hydrogen-bond acceptors (Lipinski definition) is 2. The Morgan fingerprint density at radius 1 is 1.11 bits per heavy atom. The van der Waals surface area contributed by atoms with Gasteiger partial charge in [-0.25, -0.2) is 0 Å². The molecule has 2 nitrogen and oxygen atoms in total. The van der Waals surface area contributed by atoms with Gasteiger partial charge < -0.3 is 10.8 Å². The Morgan fingerprint density at radius 3 is 2.39 bits per heavy atom. The molecule has 1 atom stereocenters. The number of nitrogens with two attached hydrogens (primary N) is 1. The fourth-order valence-corrected chi connectivity index (χ4v) is 2.00. The first-order chi connectivity index (χ1) is 8.22. The molecule has 2 aromatic carbocycles. The van der Waals surface area contributed by atoms with Crippen molar-refractivity contribution in [1.82, 2.24) is 0 Å². The number of halogens is 2. The van der Waals surface area contributed by atoms with Crippen molar-refractivity contribution in [3.8, 4) is 0 Å². The molecule has 0 aliphatic rings. The van der Waals surface area contributed by atoms with Gasteiger partial charge in [-0.15, -0.1) is 12.4 Å². The molecule has 2 rings (SSSR count). The van der Waals surface area contributed by atoms with Crippen LogP contribution in [-0.4, -0.2) is 5.11 Å². The van der Waals surface area contributed by atoms with Crippen molar-refractivity contribution in [2.75, 3.05) is 0 Å². The van der Waals surface area contributed by atoms with E-state index in [9.17, 15) is 5.11 Å². The number of aliphatic hydroxyl groups excluding tert-OH is 1. The highest BCUT2D eigenvalue weighted by molar-refractivity contribution is 6.30. The molecule has 1 unspecified atom stereocenters. The zero-order valence-corrected chi connectivity index (χ0v) is 11.3. The summed E-state index contributed by atoms with van der Waals surface area (Å²) in [6, 6.07) is 14.9. The predicted octanol–water partition coefficient (Wildman–Crippen LogP) is 3.30. The molecule has 0 fully saturated rings. The zero-order valence-electron chi connectivity index (χ0n) is 9.71. The fourth-order valence-electron chi connectivity index (χ4n) is 1.82. The SMILES string of the molecule is Cl.NCc1ccc(Cl)cc1C(O)c1ccccc1. The Bertz CT molecular complexity index is 502. The quantitative estimate of drug-likeness (QED) is 0.908. The van der Waals surface area contributed by atoms with Gasteiger partial charge in [0, 0.05) is 11.6 Å². The van der Waals surface area contributed by atoms with Crippen LogP contribution in [0.5, 0.6) is 0 Å². The molecular formula is C14H15Cl2NO. The molecule has 0 amide bonds. The highest BCUT2D eigenvalue weighted by Crippen LogP contribution is 2.27. The average molecular weight is 284 g/mol. The van der Waals surface area contributed by atoms with Crippen molar-refractivity contribution < 1.29 is 5.11 Å². The summed E-state index contributed by atoms with van der Waals surface area (Å²) < 4.78 is 0. The van der Waals surface area contributed by atoms with Gasteiger partial charge >= 0.3 is 0 Å². The molecule has 0 bridgehead atoms. The van der Waals surface area contributed by atoms with E-state index in [2.05, 4.69) is 0 Å². The van der Waals surface area contributed by atoms with Crippen LogP contribution in [0.1, 0.15) is 22.8 Å². The van der Waals surface area contributed by atoms with Crippen molar-refractivity contribution in [2.45, 2.75) is 12.6 Å². The smallest absolute Gasteiger partial charge is 0.104 e. The minimum Gasteiger partial charge on any atom is -0.384 e. The summed E-state index contributed by atoms with van der Waals surface area (Å²) in [4.78, 5) is 0. The van der Waals surface area contributed by atoms with E-state index in [-0.39, 0.29) is 12.4 Å². The Morgan fingerprint density at radius 2 is 1.78 bits per heavy atom. The lowest BCUT2D eigenvalue weighted by atomic mass is 9.97. The summed E-state index contributed by atoms with van der Waals surface area (Å²) in [7, 11) is 0. The maximum Gasteiger partial charge on any atom is 0.104 e. The van der Waals surface area contributed by atoms with Crippen LogP contribution in [0.3, 0.4) is 0 Å². The van der Waals surface area contributed by atoms with Gasteiger partial charge in [-0.05, 0) is 28.8 Å². The molecule has 0 spiro atoms. The normalized spacial score (nSPS) is 11.7. The summed E-state index contributed by atoms with van der Waals surface area (Å²) in [5.74, 6) is 0. The third-order valence-electron chi connectivity index (χ3n) is 2.74. The van der Waals surface area contributed by atoms with Gasteiger partial charge in [-0.1, -0.05) is 48.0 Å². The van der Waals surface area contributed by atoms with Gasteiger partial charge in [-0.2, -0.15) is 0 Å². The second kappa shape index (κ2) is 6.76. The first-order valence-electron chi connectivity index (χ1n) is 5.44. The maximum absolute atomic E-state index is 10.3. The van der Waals surface area contributed by atoms with E-state index in [1.807, 2.05) is 36.4 Å². The highest BCUT2D eigenvalue weighted by Gasteiger charge is 2.14. The van der Waals surface area contributed by atoms with E-state index in [4.69, 9.17) is 17.3 Å². The Balaban J connectivity index is 0.00000162. The van der Waals surface area contributed by atoms with Gasteiger partial charge in [0.1, 0.15) is 6.10 Å². The molecular weight excluding hydrogens is 269 g/mol. The molecule has 18 heavy (non-hydrogen) atoms. The maximum atomic E-state index is 10.3. The van der Waals surface area contributed by atoms with Crippen LogP contribution in [0.15, 0.2) is 48.5 Å². The molecule has 0 aliphatic heterocycles. The summed E-state index contributed by atoms with van der Waals surface area (Å²) in [6.07, 6.45) is -0.687. The molecule has 96 valence electrons. The van der Waals surface area contributed by atoms with E-state index >= 15 is 0 Å². The molecule has 0 saturated carbocycles. The van der Waals surface area contributed by atoms with Crippen molar-refractivity contribution in [2.24, 2.45) is 5.73 Å². The van der Waals surface area contributed by atoms with Crippen LogP contribution < -0.4 is 5.73 Å². The summed E-state index contributed by atoms with van der Waals surface area (Å²) in [5.41, 5.74) is 8.18. The van der Waals surface area contributed by atoms with E-state index in [1.54, 1.807) is 12.1 Å².